The van der Waals surface area contributed by atoms with Crippen LogP contribution in [0, 0.1) is 0 Å². The van der Waals surface area contributed by atoms with Crippen molar-refractivity contribution in [3.8, 4) is 79.2 Å². The highest BCUT2D eigenvalue weighted by molar-refractivity contribution is 6.23. The lowest BCUT2D eigenvalue weighted by Gasteiger charge is -2.14. The van der Waals surface area contributed by atoms with Crippen LogP contribution in [0.15, 0.2) is 247 Å². The lowest BCUT2D eigenvalue weighted by Crippen LogP contribution is -2.01. The lowest BCUT2D eigenvalue weighted by atomic mass is 9.99. The van der Waals surface area contributed by atoms with Crippen molar-refractivity contribution >= 4 is 54.7 Å². The monoisotopic (exact) mass is 908 g/mol. The van der Waals surface area contributed by atoms with Crippen LogP contribution in [-0.4, -0.2) is 29.1 Å². The van der Waals surface area contributed by atoms with Gasteiger partial charge in [0.05, 0.1) is 22.1 Å². The van der Waals surface area contributed by atoms with Crippen LogP contribution in [-0.2, 0) is 0 Å². The van der Waals surface area contributed by atoms with E-state index < -0.39 is 0 Å². The van der Waals surface area contributed by atoms with Crippen LogP contribution < -0.4 is 0 Å². The predicted octanol–water partition coefficient (Wildman–Crippen LogP) is 16.2. The van der Waals surface area contributed by atoms with Gasteiger partial charge in [0.15, 0.2) is 23.1 Å². The Bertz CT molecular complexity index is 4250. The van der Waals surface area contributed by atoms with E-state index in [4.69, 9.17) is 24.4 Å². The summed E-state index contributed by atoms with van der Waals surface area (Å²) in [4.78, 5) is 20.0. The molecule has 0 amide bonds. The molecule has 0 N–H and O–H groups in total. The maximum Gasteiger partial charge on any atom is 0.227 e. The van der Waals surface area contributed by atoms with Crippen molar-refractivity contribution in [3.63, 3.8) is 0 Å². The molecule has 4 aromatic heterocycles. The number of nitrogens with zero attached hydrogens (tertiary/aromatic N) is 6. The summed E-state index contributed by atoms with van der Waals surface area (Å²) >= 11 is 0. The fourth-order valence-corrected chi connectivity index (χ4v) is 10.3. The van der Waals surface area contributed by atoms with Gasteiger partial charge in [-0.25, -0.2) is 19.9 Å². The molecule has 14 rings (SSSR count). The van der Waals surface area contributed by atoms with Gasteiger partial charge in [-0.05, 0) is 71.3 Å². The van der Waals surface area contributed by atoms with E-state index >= 15 is 0 Å². The van der Waals surface area contributed by atoms with Crippen molar-refractivity contribution in [2.75, 3.05) is 0 Å². The normalized spacial score (nSPS) is 11.7. The third kappa shape index (κ3) is 6.82. The van der Waals surface area contributed by atoms with Crippen molar-refractivity contribution in [1.29, 1.82) is 0 Å². The first kappa shape index (κ1) is 40.4. The van der Waals surface area contributed by atoms with Crippen LogP contribution in [0.3, 0.4) is 0 Å². The second-order valence-corrected chi connectivity index (χ2v) is 17.8. The zero-order valence-corrected chi connectivity index (χ0v) is 38.2. The SMILES string of the molecule is c1ccc(-c2nc(-c3ccccc3)nc(-c3cccc(-n4c5ccccc5c5ccc6c7ccccc7n(-c7ccc(-c8ccc(-c9cccc%10nc(-c%11ccccc%11)oc9%10)cc8)cc7)c6c54)c3)n2)cc1. The Morgan fingerprint density at radius 3 is 1.35 bits per heavy atom. The van der Waals surface area contributed by atoms with Crippen molar-refractivity contribution in [2.45, 2.75) is 0 Å². The first-order valence-corrected chi connectivity index (χ1v) is 23.8. The molecule has 0 spiro atoms. The van der Waals surface area contributed by atoms with Gasteiger partial charge >= 0.3 is 0 Å². The summed E-state index contributed by atoms with van der Waals surface area (Å²) in [6.45, 7) is 0. The van der Waals surface area contributed by atoms with Crippen LogP contribution in [0.25, 0.3) is 134 Å². The molecule has 0 aliphatic heterocycles. The third-order valence-electron chi connectivity index (χ3n) is 13.6. The minimum Gasteiger partial charge on any atom is -0.435 e. The molecular formula is C64H40N6O. The molecule has 0 unspecified atom stereocenters. The zero-order valence-electron chi connectivity index (χ0n) is 38.2. The van der Waals surface area contributed by atoms with Crippen LogP contribution in [0.5, 0.6) is 0 Å². The van der Waals surface area contributed by atoms with Gasteiger partial charge in [-0.3, -0.25) is 0 Å². The molecule has 0 saturated carbocycles. The molecule has 0 radical (unpaired) electrons. The van der Waals surface area contributed by atoms with E-state index in [1.165, 1.54) is 21.5 Å². The van der Waals surface area contributed by atoms with Crippen LogP contribution in [0.4, 0.5) is 0 Å². The Morgan fingerprint density at radius 1 is 0.296 bits per heavy atom. The summed E-state index contributed by atoms with van der Waals surface area (Å²) in [5.41, 5.74) is 16.3. The molecule has 0 saturated heterocycles. The minimum absolute atomic E-state index is 0.610. The highest BCUT2D eigenvalue weighted by atomic mass is 16.3. The van der Waals surface area contributed by atoms with Crippen molar-refractivity contribution in [1.82, 2.24) is 29.1 Å². The zero-order chi connectivity index (χ0) is 46.8. The molecule has 0 bridgehead atoms. The molecule has 0 fully saturated rings. The van der Waals surface area contributed by atoms with Gasteiger partial charge in [-0.1, -0.05) is 188 Å². The van der Waals surface area contributed by atoms with Crippen LogP contribution in [0.2, 0.25) is 0 Å². The summed E-state index contributed by atoms with van der Waals surface area (Å²) in [5, 5.41) is 4.73. The van der Waals surface area contributed by atoms with E-state index in [-0.39, 0.29) is 0 Å². The number of fused-ring (bicyclic) bond motifs is 8. The number of rotatable bonds is 8. The van der Waals surface area contributed by atoms with E-state index in [0.29, 0.717) is 23.4 Å². The largest absolute Gasteiger partial charge is 0.435 e. The number of hydrogen-bond acceptors (Lipinski definition) is 5. The minimum atomic E-state index is 0.610. The van der Waals surface area contributed by atoms with Gasteiger partial charge in [0.25, 0.3) is 0 Å². The van der Waals surface area contributed by atoms with Crippen LogP contribution >= 0.6 is 0 Å². The molecule has 7 heteroatoms. The Labute approximate surface area is 408 Å². The van der Waals surface area contributed by atoms with Gasteiger partial charge in [-0.15, -0.1) is 0 Å². The maximum atomic E-state index is 6.38. The number of benzene rings is 10. The Hall–Kier alpha value is -9.72. The fraction of sp³-hybridized carbons (Fsp3) is 0. The van der Waals surface area contributed by atoms with E-state index in [0.717, 1.165) is 89.0 Å². The maximum absolute atomic E-state index is 6.38. The van der Waals surface area contributed by atoms with Crippen LogP contribution in [0.1, 0.15) is 0 Å². The van der Waals surface area contributed by atoms with Crippen molar-refractivity contribution in [3.05, 3.63) is 243 Å². The van der Waals surface area contributed by atoms with Gasteiger partial charge in [0.2, 0.25) is 5.89 Å². The second kappa shape index (κ2) is 16.5. The second-order valence-electron chi connectivity index (χ2n) is 17.8. The average molecular weight is 909 g/mol. The Kier molecular flexibility index (Phi) is 9.38. The number of hydrogen-bond donors (Lipinski definition) is 0. The van der Waals surface area contributed by atoms with Gasteiger partial charge < -0.3 is 13.6 Å². The predicted molar refractivity (Wildman–Crippen MR) is 289 cm³/mol. The van der Waals surface area contributed by atoms with Gasteiger partial charge in [0.1, 0.15) is 5.52 Å². The van der Waals surface area contributed by atoms with Gasteiger partial charge in [0, 0.05) is 60.7 Å². The molecule has 0 aliphatic carbocycles. The molecule has 0 aliphatic rings. The first-order valence-electron chi connectivity index (χ1n) is 23.8. The lowest BCUT2D eigenvalue weighted by molar-refractivity contribution is 0.621. The topological polar surface area (TPSA) is 74.6 Å². The fourth-order valence-electron chi connectivity index (χ4n) is 10.3. The molecule has 7 nitrogen and oxygen atoms in total. The summed E-state index contributed by atoms with van der Waals surface area (Å²) in [5.74, 6) is 2.49. The van der Waals surface area contributed by atoms with E-state index in [1.807, 2.05) is 103 Å². The summed E-state index contributed by atoms with van der Waals surface area (Å²) in [6.07, 6.45) is 0. The van der Waals surface area contributed by atoms with Crippen molar-refractivity contribution in [2.24, 2.45) is 0 Å². The standard InChI is InChI=1S/C64H40N6O/c1-4-16-44(17-5-1)61-66-62(45-18-6-2-7-19-45)68-63(67-61)47-22-14-23-49(40-47)70-57-29-13-11-25-52(57)54-39-38-53-51-24-10-12-28-56(51)69(58(53)59(54)70)48-36-34-42(35-37-48)41-30-32-43(33-31-41)50-26-15-27-55-60(50)71-64(65-55)46-20-8-3-9-21-46/h1-40H. The molecular weight excluding hydrogens is 869 g/mol. The average Bonchev–Trinajstić information content (AvgIpc) is 4.15. The summed E-state index contributed by atoms with van der Waals surface area (Å²) in [7, 11) is 0. The van der Waals surface area contributed by atoms with Gasteiger partial charge in [-0.2, -0.15) is 0 Å². The number of oxazole rings is 1. The highest BCUT2D eigenvalue weighted by Crippen LogP contribution is 2.43. The number of para-hydroxylation sites is 3. The molecule has 332 valence electrons. The smallest absolute Gasteiger partial charge is 0.227 e. The Balaban J connectivity index is 0.894. The first-order chi connectivity index (χ1) is 35.2. The Morgan fingerprint density at radius 2 is 0.761 bits per heavy atom. The summed E-state index contributed by atoms with van der Waals surface area (Å²) < 4.78 is 11.2. The molecule has 71 heavy (non-hydrogen) atoms. The molecule has 14 aromatic rings. The number of aromatic nitrogens is 6. The quantitative estimate of drug-likeness (QED) is 0.152. The van der Waals surface area contributed by atoms with E-state index in [2.05, 4.69) is 149 Å². The molecule has 0 atom stereocenters. The molecule has 4 heterocycles. The van der Waals surface area contributed by atoms with Crippen molar-refractivity contribution < 1.29 is 4.42 Å². The third-order valence-corrected chi connectivity index (χ3v) is 13.6. The summed E-state index contributed by atoms with van der Waals surface area (Å²) in [6, 6.07) is 84.8. The van der Waals surface area contributed by atoms with E-state index in [9.17, 15) is 0 Å². The highest BCUT2D eigenvalue weighted by Gasteiger charge is 2.22. The van der Waals surface area contributed by atoms with E-state index in [1.54, 1.807) is 0 Å². The molecule has 10 aromatic carbocycles.